The fraction of sp³-hybridized carbons (Fsp3) is 0.818. The van der Waals surface area contributed by atoms with Gasteiger partial charge < -0.3 is 25.5 Å². The number of aliphatic carboxylic acids is 1. The number of carbonyl (C=O) groups is 1. The highest BCUT2D eigenvalue weighted by Crippen LogP contribution is 2.20. The molecule has 18 heavy (non-hydrogen) atoms. The molecule has 0 aromatic rings. The van der Waals surface area contributed by atoms with E-state index < -0.39 is 23.5 Å². The summed E-state index contributed by atoms with van der Waals surface area (Å²) in [6, 6.07) is 0. The van der Waals surface area contributed by atoms with E-state index in [1.807, 2.05) is 13.8 Å². The Labute approximate surface area is 112 Å². The highest BCUT2D eigenvalue weighted by Gasteiger charge is 2.20. The molecule has 0 aromatic carbocycles. The average Bonchev–Trinajstić information content (AvgIpc) is 2.29. The van der Waals surface area contributed by atoms with Crippen molar-refractivity contribution < 1.29 is 30.3 Å². The van der Waals surface area contributed by atoms with Crippen molar-refractivity contribution in [1.82, 2.24) is 0 Å². The van der Waals surface area contributed by atoms with Crippen molar-refractivity contribution >= 4 is 23.2 Å². The van der Waals surface area contributed by atoms with Crippen molar-refractivity contribution in [2.24, 2.45) is 5.41 Å². The van der Waals surface area contributed by atoms with Crippen LogP contribution in [0.2, 0.25) is 0 Å². The van der Waals surface area contributed by atoms with E-state index >= 15 is 0 Å². The second kappa shape index (κ2) is 10.2. The summed E-state index contributed by atoms with van der Waals surface area (Å²) in [5.74, 6) is -1.20. The summed E-state index contributed by atoms with van der Waals surface area (Å²) in [5, 5.41) is 41.6. The first-order chi connectivity index (χ1) is 8.22. The van der Waals surface area contributed by atoms with E-state index in [2.05, 4.69) is 12.2 Å². The normalized spacial score (nSPS) is 12.3. The van der Waals surface area contributed by atoms with Crippen LogP contribution in [0.5, 0.6) is 0 Å². The number of aliphatic hydroxyl groups excluding tert-OH is 4. The predicted molar refractivity (Wildman–Crippen MR) is 70.7 cm³/mol. The Morgan fingerprint density at radius 3 is 1.83 bits per heavy atom. The molecule has 0 saturated heterocycles. The van der Waals surface area contributed by atoms with Gasteiger partial charge in [-0.15, -0.1) is 0 Å². The Morgan fingerprint density at radius 1 is 1.28 bits per heavy atom. The zero-order chi connectivity index (χ0) is 14.8. The van der Waals surface area contributed by atoms with E-state index in [9.17, 15) is 4.79 Å². The minimum Gasteiger partial charge on any atom is -0.500 e. The number of carboxylic acid groups (broad SMARTS) is 1. The molecule has 0 fully saturated rings. The molecule has 7 heteroatoms. The molecule has 6 nitrogen and oxygen atoms in total. The topological polar surface area (TPSA) is 118 Å². The molecule has 0 rings (SSSR count). The van der Waals surface area contributed by atoms with E-state index in [4.69, 9.17) is 25.5 Å². The zero-order valence-corrected chi connectivity index (χ0v) is 11.5. The van der Waals surface area contributed by atoms with Gasteiger partial charge in [0.1, 0.15) is 6.10 Å². The molecule has 0 aliphatic rings. The maximum absolute atomic E-state index is 9.78. The number of thiocarbonyl (C=S) groups is 1. The molecule has 0 amide bonds. The van der Waals surface area contributed by atoms with E-state index in [1.54, 1.807) is 0 Å². The quantitative estimate of drug-likeness (QED) is 0.431. The van der Waals surface area contributed by atoms with Gasteiger partial charge in [0.05, 0.1) is 19.6 Å². The third-order valence-corrected chi connectivity index (χ3v) is 2.54. The monoisotopic (exact) mass is 282 g/mol. The summed E-state index contributed by atoms with van der Waals surface area (Å²) in [7, 11) is 0. The first-order valence-electron chi connectivity index (χ1n) is 5.56. The van der Waals surface area contributed by atoms with Gasteiger partial charge in [0.15, 0.2) is 5.05 Å². The molecule has 108 valence electrons. The van der Waals surface area contributed by atoms with Crippen LogP contribution < -0.4 is 0 Å². The molecule has 1 atom stereocenters. The number of hydrogen-bond donors (Lipinski definition) is 5. The van der Waals surface area contributed by atoms with Crippen LogP contribution in [-0.2, 0) is 4.79 Å². The van der Waals surface area contributed by atoms with Gasteiger partial charge in [-0.1, -0.05) is 20.3 Å². The lowest BCUT2D eigenvalue weighted by molar-refractivity contribution is -0.138. The Hall–Kier alpha value is -0.760. The lowest BCUT2D eigenvalue weighted by Crippen LogP contribution is -2.25. The van der Waals surface area contributed by atoms with Crippen LogP contribution in [0.3, 0.4) is 0 Å². The van der Waals surface area contributed by atoms with Gasteiger partial charge in [0, 0.05) is 5.41 Å². The van der Waals surface area contributed by atoms with Crippen molar-refractivity contribution in [2.75, 3.05) is 13.2 Å². The number of carboxylic acids is 1. The first-order valence-corrected chi connectivity index (χ1v) is 5.97. The van der Waals surface area contributed by atoms with Crippen LogP contribution in [0.15, 0.2) is 0 Å². The molecule has 0 aromatic heterocycles. The molecule has 0 aliphatic heterocycles. The Morgan fingerprint density at radius 2 is 1.72 bits per heavy atom. The van der Waals surface area contributed by atoms with Crippen LogP contribution in [0.25, 0.3) is 0 Å². The second-order valence-electron chi connectivity index (χ2n) is 4.33. The SMILES string of the molecule is CCCC(C)(CO)CO.O=C(O)CC(O)C(O)=S. The minimum absolute atomic E-state index is 0.0807. The van der Waals surface area contributed by atoms with Gasteiger partial charge in [-0.25, -0.2) is 0 Å². The Bertz CT molecular complexity index is 252. The van der Waals surface area contributed by atoms with Crippen molar-refractivity contribution in [3.8, 4) is 0 Å². The molecular formula is C11H22O6S. The van der Waals surface area contributed by atoms with Crippen molar-refractivity contribution in [1.29, 1.82) is 0 Å². The van der Waals surface area contributed by atoms with Crippen LogP contribution in [0, 0.1) is 5.41 Å². The molecule has 0 bridgehead atoms. The lowest BCUT2D eigenvalue weighted by atomic mass is 9.88. The summed E-state index contributed by atoms with van der Waals surface area (Å²) >= 11 is 4.08. The van der Waals surface area contributed by atoms with Crippen molar-refractivity contribution in [3.63, 3.8) is 0 Å². The van der Waals surface area contributed by atoms with Crippen LogP contribution in [0.1, 0.15) is 33.1 Å². The summed E-state index contributed by atoms with van der Waals surface area (Å²) in [6.07, 6.45) is -0.0649. The molecule has 1 unspecified atom stereocenters. The summed E-state index contributed by atoms with van der Waals surface area (Å²) in [4.78, 5) is 9.78. The van der Waals surface area contributed by atoms with E-state index in [1.165, 1.54) is 0 Å². The standard InChI is InChI=1S/C7H16O2.C4H6O4S/c1-3-4-7(2,5-8)6-9;5-2(4(8)9)1-3(6)7/h8-9H,3-6H2,1-2H3;2,5H,1H2,(H,6,7)(H,8,9). The van der Waals surface area contributed by atoms with Gasteiger partial charge in [-0.2, -0.15) is 0 Å². The maximum Gasteiger partial charge on any atom is 0.306 e. The number of rotatable bonds is 7. The summed E-state index contributed by atoms with van der Waals surface area (Å²) in [6.45, 7) is 4.09. The third kappa shape index (κ3) is 10.4. The minimum atomic E-state index is -1.42. The maximum atomic E-state index is 9.78. The van der Waals surface area contributed by atoms with Crippen LogP contribution >= 0.6 is 12.2 Å². The largest absolute Gasteiger partial charge is 0.500 e. The Kier molecular flexibility index (Phi) is 11.1. The van der Waals surface area contributed by atoms with Gasteiger partial charge >= 0.3 is 5.97 Å². The number of hydrogen-bond acceptors (Lipinski definition) is 5. The molecule has 0 radical (unpaired) electrons. The fourth-order valence-corrected chi connectivity index (χ4v) is 1.15. The van der Waals surface area contributed by atoms with Gasteiger partial charge in [0.2, 0.25) is 0 Å². The predicted octanol–water partition coefficient (Wildman–Crippen LogP) is 0.485. The van der Waals surface area contributed by atoms with Crippen LogP contribution in [-0.4, -0.2) is 55.9 Å². The van der Waals surface area contributed by atoms with Gasteiger partial charge in [0.25, 0.3) is 0 Å². The number of aliphatic hydroxyl groups is 4. The van der Waals surface area contributed by atoms with Crippen molar-refractivity contribution in [3.05, 3.63) is 0 Å². The zero-order valence-electron chi connectivity index (χ0n) is 10.7. The highest BCUT2D eigenvalue weighted by molar-refractivity contribution is 7.80. The molecule has 0 saturated carbocycles. The van der Waals surface area contributed by atoms with E-state index in [0.717, 1.165) is 12.8 Å². The fourth-order valence-electron chi connectivity index (χ4n) is 1.06. The molecule has 0 aliphatic carbocycles. The van der Waals surface area contributed by atoms with Gasteiger partial charge in [-0.3, -0.25) is 4.79 Å². The third-order valence-electron chi connectivity index (χ3n) is 2.27. The van der Waals surface area contributed by atoms with E-state index in [0.29, 0.717) is 0 Å². The molecule has 0 spiro atoms. The average molecular weight is 282 g/mol. The van der Waals surface area contributed by atoms with Crippen molar-refractivity contribution in [2.45, 2.75) is 39.2 Å². The smallest absolute Gasteiger partial charge is 0.306 e. The van der Waals surface area contributed by atoms with Crippen LogP contribution in [0.4, 0.5) is 0 Å². The van der Waals surface area contributed by atoms with E-state index in [-0.39, 0.29) is 18.6 Å². The highest BCUT2D eigenvalue weighted by atomic mass is 32.1. The Balaban J connectivity index is 0. The second-order valence-corrected chi connectivity index (χ2v) is 4.75. The lowest BCUT2D eigenvalue weighted by Gasteiger charge is -2.23. The van der Waals surface area contributed by atoms with Gasteiger partial charge in [-0.05, 0) is 18.6 Å². The summed E-state index contributed by atoms with van der Waals surface area (Å²) in [5.41, 5.74) is -0.255. The summed E-state index contributed by atoms with van der Waals surface area (Å²) < 4.78 is 0. The first kappa shape index (κ1) is 19.6. The molecular weight excluding hydrogens is 260 g/mol. The molecule has 0 heterocycles. The molecule has 5 N–H and O–H groups in total.